The summed E-state index contributed by atoms with van der Waals surface area (Å²) in [5.74, 6) is -1.09. The van der Waals surface area contributed by atoms with Crippen LogP contribution in [0.15, 0.2) is 41.2 Å². The van der Waals surface area contributed by atoms with E-state index in [1.54, 1.807) is 6.92 Å². The van der Waals surface area contributed by atoms with E-state index in [9.17, 15) is 9.59 Å². The lowest BCUT2D eigenvalue weighted by molar-refractivity contribution is 0.0696. The molecule has 2 rings (SSSR count). The van der Waals surface area contributed by atoms with Crippen molar-refractivity contribution < 1.29 is 9.90 Å². The summed E-state index contributed by atoms with van der Waals surface area (Å²) in [6.45, 7) is 1.68. The van der Waals surface area contributed by atoms with E-state index in [1.807, 2.05) is 30.3 Å². The molecule has 0 aliphatic carbocycles. The molecule has 17 heavy (non-hydrogen) atoms. The molecule has 0 unspecified atom stereocenters. The van der Waals surface area contributed by atoms with Crippen molar-refractivity contribution in [2.45, 2.75) is 6.92 Å². The minimum atomic E-state index is -1.09. The van der Waals surface area contributed by atoms with Gasteiger partial charge in [0, 0.05) is 6.07 Å². The number of carboxylic acids is 1. The summed E-state index contributed by atoms with van der Waals surface area (Å²) < 4.78 is 0. The number of carboxylic acid groups (broad SMARTS) is 1. The van der Waals surface area contributed by atoms with Gasteiger partial charge in [-0.3, -0.25) is 4.79 Å². The Balaban J connectivity index is 2.71. The number of benzene rings is 1. The first-order chi connectivity index (χ1) is 8.09. The van der Waals surface area contributed by atoms with E-state index in [0.29, 0.717) is 11.3 Å². The van der Waals surface area contributed by atoms with Crippen molar-refractivity contribution in [3.8, 4) is 11.3 Å². The standard InChI is InChI=1S/C13H11NO3/c1-8-10(13(16)17)7-11(15)14-12(8)9-5-3-2-4-6-9/h2-7H,1H3,(H,14,15)(H,16,17). The number of pyridine rings is 1. The molecule has 0 radical (unpaired) electrons. The lowest BCUT2D eigenvalue weighted by Gasteiger charge is -2.08. The smallest absolute Gasteiger partial charge is 0.336 e. The molecule has 0 bridgehead atoms. The molecular weight excluding hydrogens is 218 g/mol. The molecule has 0 aliphatic heterocycles. The maximum atomic E-state index is 11.4. The molecule has 0 spiro atoms. The summed E-state index contributed by atoms with van der Waals surface area (Å²) in [5.41, 5.74) is 1.53. The largest absolute Gasteiger partial charge is 0.478 e. The molecule has 1 heterocycles. The lowest BCUT2D eigenvalue weighted by atomic mass is 10.0. The van der Waals surface area contributed by atoms with Crippen molar-refractivity contribution in [3.63, 3.8) is 0 Å². The van der Waals surface area contributed by atoms with Gasteiger partial charge in [0.05, 0.1) is 11.3 Å². The van der Waals surface area contributed by atoms with Crippen LogP contribution in [0.25, 0.3) is 11.3 Å². The van der Waals surface area contributed by atoms with Gasteiger partial charge in [-0.25, -0.2) is 4.79 Å². The zero-order valence-electron chi connectivity index (χ0n) is 9.23. The summed E-state index contributed by atoms with van der Waals surface area (Å²) in [4.78, 5) is 25.1. The van der Waals surface area contributed by atoms with Crippen LogP contribution in [-0.2, 0) is 0 Å². The normalized spacial score (nSPS) is 10.2. The van der Waals surface area contributed by atoms with E-state index in [1.165, 1.54) is 0 Å². The highest BCUT2D eigenvalue weighted by Gasteiger charge is 2.13. The average molecular weight is 229 g/mol. The molecule has 0 saturated heterocycles. The molecule has 86 valence electrons. The number of carbonyl (C=O) groups is 1. The summed E-state index contributed by atoms with van der Waals surface area (Å²) >= 11 is 0. The van der Waals surface area contributed by atoms with Gasteiger partial charge in [0.2, 0.25) is 5.56 Å². The molecule has 1 aromatic carbocycles. The molecule has 0 aliphatic rings. The zero-order valence-corrected chi connectivity index (χ0v) is 9.23. The maximum Gasteiger partial charge on any atom is 0.336 e. The number of aromatic amines is 1. The lowest BCUT2D eigenvalue weighted by Crippen LogP contribution is -2.13. The van der Waals surface area contributed by atoms with Crippen molar-refractivity contribution in [2.24, 2.45) is 0 Å². The fourth-order valence-electron chi connectivity index (χ4n) is 1.74. The maximum absolute atomic E-state index is 11.4. The minimum absolute atomic E-state index is 0.0348. The van der Waals surface area contributed by atoms with Crippen LogP contribution in [0.3, 0.4) is 0 Å². The molecule has 2 N–H and O–H groups in total. The Morgan fingerprint density at radius 3 is 2.47 bits per heavy atom. The number of H-pyrrole nitrogens is 1. The summed E-state index contributed by atoms with van der Waals surface area (Å²) in [6, 6.07) is 10.3. The number of nitrogens with one attached hydrogen (secondary N) is 1. The molecule has 2 aromatic rings. The van der Waals surface area contributed by atoms with Gasteiger partial charge >= 0.3 is 5.97 Å². The fourth-order valence-corrected chi connectivity index (χ4v) is 1.74. The SMILES string of the molecule is Cc1c(C(=O)O)cc(=O)[nH]c1-c1ccccc1. The van der Waals surface area contributed by atoms with E-state index < -0.39 is 11.5 Å². The average Bonchev–Trinajstić information content (AvgIpc) is 2.32. The second-order valence-electron chi connectivity index (χ2n) is 3.72. The second kappa shape index (κ2) is 4.25. The Morgan fingerprint density at radius 1 is 1.24 bits per heavy atom. The summed E-state index contributed by atoms with van der Waals surface area (Å²) in [6.07, 6.45) is 0. The van der Waals surface area contributed by atoms with Crippen LogP contribution in [0.5, 0.6) is 0 Å². The van der Waals surface area contributed by atoms with Crippen LogP contribution < -0.4 is 5.56 Å². The van der Waals surface area contributed by atoms with Crippen LogP contribution in [0.2, 0.25) is 0 Å². The van der Waals surface area contributed by atoms with Gasteiger partial charge in [-0.15, -0.1) is 0 Å². The topological polar surface area (TPSA) is 70.2 Å². The molecule has 0 fully saturated rings. The predicted molar refractivity (Wildman–Crippen MR) is 64.2 cm³/mol. The summed E-state index contributed by atoms with van der Waals surface area (Å²) in [7, 11) is 0. The van der Waals surface area contributed by atoms with E-state index in [4.69, 9.17) is 5.11 Å². The van der Waals surface area contributed by atoms with Gasteiger partial charge in [-0.1, -0.05) is 30.3 Å². The van der Waals surface area contributed by atoms with Gasteiger partial charge < -0.3 is 10.1 Å². The highest BCUT2D eigenvalue weighted by molar-refractivity contribution is 5.91. The molecule has 4 nitrogen and oxygen atoms in total. The number of hydrogen-bond acceptors (Lipinski definition) is 2. The van der Waals surface area contributed by atoms with Gasteiger partial charge in [-0.2, -0.15) is 0 Å². The number of rotatable bonds is 2. The Labute approximate surface area is 97.6 Å². The van der Waals surface area contributed by atoms with E-state index in [0.717, 1.165) is 11.6 Å². The van der Waals surface area contributed by atoms with Crippen molar-refractivity contribution in [1.82, 2.24) is 4.98 Å². The molecule has 0 atom stereocenters. The number of aromatic nitrogens is 1. The monoisotopic (exact) mass is 229 g/mol. The third-order valence-electron chi connectivity index (χ3n) is 2.60. The second-order valence-corrected chi connectivity index (χ2v) is 3.72. The number of hydrogen-bond donors (Lipinski definition) is 2. The third-order valence-corrected chi connectivity index (χ3v) is 2.60. The first-order valence-electron chi connectivity index (χ1n) is 5.12. The van der Waals surface area contributed by atoms with Crippen LogP contribution in [0.1, 0.15) is 15.9 Å². The Bertz CT molecular complexity index is 614. The Morgan fingerprint density at radius 2 is 1.88 bits per heavy atom. The fraction of sp³-hybridized carbons (Fsp3) is 0.0769. The predicted octanol–water partition coefficient (Wildman–Crippen LogP) is 2.05. The van der Waals surface area contributed by atoms with Crippen LogP contribution in [0, 0.1) is 6.92 Å². The Kier molecular flexibility index (Phi) is 2.78. The van der Waals surface area contributed by atoms with E-state index in [2.05, 4.69) is 4.98 Å². The van der Waals surface area contributed by atoms with E-state index in [-0.39, 0.29) is 5.56 Å². The van der Waals surface area contributed by atoms with Gasteiger partial charge in [0.15, 0.2) is 0 Å². The first kappa shape index (κ1) is 11.1. The Hall–Kier alpha value is -2.36. The first-order valence-corrected chi connectivity index (χ1v) is 5.12. The molecule has 0 amide bonds. The highest BCUT2D eigenvalue weighted by atomic mass is 16.4. The molecule has 0 saturated carbocycles. The highest BCUT2D eigenvalue weighted by Crippen LogP contribution is 2.21. The van der Waals surface area contributed by atoms with Crippen LogP contribution in [-0.4, -0.2) is 16.1 Å². The minimum Gasteiger partial charge on any atom is -0.478 e. The van der Waals surface area contributed by atoms with Gasteiger partial charge in [-0.05, 0) is 18.1 Å². The van der Waals surface area contributed by atoms with Crippen LogP contribution >= 0.6 is 0 Å². The zero-order chi connectivity index (χ0) is 12.4. The molecule has 4 heteroatoms. The van der Waals surface area contributed by atoms with Crippen molar-refractivity contribution in [3.05, 3.63) is 57.9 Å². The summed E-state index contributed by atoms with van der Waals surface area (Å²) in [5, 5.41) is 9.01. The number of aromatic carboxylic acids is 1. The van der Waals surface area contributed by atoms with Crippen molar-refractivity contribution in [1.29, 1.82) is 0 Å². The molecule has 1 aromatic heterocycles. The van der Waals surface area contributed by atoms with Crippen molar-refractivity contribution >= 4 is 5.97 Å². The third kappa shape index (κ3) is 2.10. The van der Waals surface area contributed by atoms with Crippen molar-refractivity contribution in [2.75, 3.05) is 0 Å². The van der Waals surface area contributed by atoms with E-state index >= 15 is 0 Å². The van der Waals surface area contributed by atoms with Crippen LogP contribution in [0.4, 0.5) is 0 Å². The molecular formula is C13H11NO3. The van der Waals surface area contributed by atoms with Gasteiger partial charge in [0.1, 0.15) is 0 Å². The quantitative estimate of drug-likeness (QED) is 0.827. The van der Waals surface area contributed by atoms with Gasteiger partial charge in [0.25, 0.3) is 0 Å².